The summed E-state index contributed by atoms with van der Waals surface area (Å²) in [5, 5.41) is 0.499. The van der Waals surface area contributed by atoms with Gasteiger partial charge >= 0.3 is 5.97 Å². The Morgan fingerprint density at radius 2 is 1.52 bits per heavy atom. The number of anilines is 1. The largest absolute Gasteiger partial charge is 0.454 e. The third kappa shape index (κ3) is 3.08. The van der Waals surface area contributed by atoms with E-state index in [9.17, 15) is 19.2 Å². The second kappa shape index (κ2) is 7.39. The number of ether oxygens (including phenoxy) is 1. The molecule has 0 spiro atoms. The molecule has 5 aliphatic rings. The van der Waals surface area contributed by atoms with Crippen molar-refractivity contribution < 1.29 is 23.9 Å². The molecular formula is C26H20ClNO5. The highest BCUT2D eigenvalue weighted by Gasteiger charge is 2.67. The zero-order valence-electron chi connectivity index (χ0n) is 17.5. The van der Waals surface area contributed by atoms with Crippen molar-refractivity contribution in [2.75, 3.05) is 11.5 Å². The SMILES string of the molecule is O=C(COC(=O)c1ccccc1N1C(=O)[C@H]2[C@@H]3C=C[C@H]([C@H]4C[C@H]34)[C@@H]2C1=O)c1ccc(Cl)cc1. The number of allylic oxidation sites excluding steroid dienone is 2. The number of hydrogen-bond acceptors (Lipinski definition) is 5. The number of nitrogens with zero attached hydrogens (tertiary/aromatic N) is 1. The maximum atomic E-state index is 13.4. The Labute approximate surface area is 195 Å². The minimum Gasteiger partial charge on any atom is -0.454 e. The molecule has 6 nitrogen and oxygen atoms in total. The Bertz CT molecular complexity index is 1200. The van der Waals surface area contributed by atoms with E-state index in [1.54, 1.807) is 42.5 Å². The van der Waals surface area contributed by atoms with Crippen molar-refractivity contribution in [3.63, 3.8) is 0 Å². The molecule has 0 aromatic heterocycles. The number of ketones is 1. The fraction of sp³-hybridized carbons (Fsp3) is 0.308. The Kier molecular flexibility index (Phi) is 4.56. The van der Waals surface area contributed by atoms with Crippen LogP contribution < -0.4 is 4.90 Å². The van der Waals surface area contributed by atoms with E-state index >= 15 is 0 Å². The maximum Gasteiger partial charge on any atom is 0.340 e. The quantitative estimate of drug-likeness (QED) is 0.291. The predicted octanol–water partition coefficient (Wildman–Crippen LogP) is 3.94. The fourth-order valence-electron chi connectivity index (χ4n) is 5.96. The second-order valence-electron chi connectivity index (χ2n) is 9.19. The number of imide groups is 1. The van der Waals surface area contributed by atoms with Crippen LogP contribution in [0.4, 0.5) is 5.69 Å². The molecular weight excluding hydrogens is 442 g/mol. The van der Waals surface area contributed by atoms with Crippen LogP contribution in [-0.4, -0.2) is 30.2 Å². The molecule has 2 amide bonds. The van der Waals surface area contributed by atoms with Gasteiger partial charge in [0.2, 0.25) is 11.8 Å². The van der Waals surface area contributed by atoms with Crippen molar-refractivity contribution in [3.05, 3.63) is 76.8 Å². The van der Waals surface area contributed by atoms with Gasteiger partial charge in [0.25, 0.3) is 0 Å². The highest BCUT2D eigenvalue weighted by atomic mass is 35.5. The number of para-hydroxylation sites is 1. The summed E-state index contributed by atoms with van der Waals surface area (Å²) in [6, 6.07) is 12.7. The topological polar surface area (TPSA) is 80.8 Å². The molecule has 2 bridgehead atoms. The number of amides is 2. The minimum absolute atomic E-state index is 0.0900. The Morgan fingerprint density at radius 1 is 0.909 bits per heavy atom. The molecule has 33 heavy (non-hydrogen) atoms. The molecule has 3 fully saturated rings. The van der Waals surface area contributed by atoms with Gasteiger partial charge in [-0.2, -0.15) is 0 Å². The number of carbonyl (C=O) groups excluding carboxylic acids is 4. The number of esters is 1. The standard InChI is InChI=1S/C26H20ClNO5/c27-14-7-5-13(6-8-14)21(29)12-33-26(32)17-3-1-2-4-20(17)28-24(30)22-15-9-10-16(19-11-18(15)19)23(22)25(28)31/h1-10,15-16,18-19,22-23H,11-12H2/t15-,16-,18-,19-,22+,23+/m1/s1. The smallest absolute Gasteiger partial charge is 0.340 e. The van der Waals surface area contributed by atoms with E-state index in [-0.39, 0.29) is 52.5 Å². The van der Waals surface area contributed by atoms with E-state index in [1.807, 2.05) is 0 Å². The summed E-state index contributed by atoms with van der Waals surface area (Å²) in [7, 11) is 0. The van der Waals surface area contributed by atoms with Crippen molar-refractivity contribution in [1.82, 2.24) is 0 Å². The van der Waals surface area contributed by atoms with Gasteiger partial charge in [-0.15, -0.1) is 0 Å². The summed E-state index contributed by atoms with van der Waals surface area (Å²) < 4.78 is 5.26. The molecule has 1 aliphatic heterocycles. The summed E-state index contributed by atoms with van der Waals surface area (Å²) in [5.74, 6) is -1.14. The number of carbonyl (C=O) groups is 4. The van der Waals surface area contributed by atoms with Crippen LogP contribution in [0.15, 0.2) is 60.7 Å². The van der Waals surface area contributed by atoms with Crippen LogP contribution in [0.5, 0.6) is 0 Å². The van der Waals surface area contributed by atoms with E-state index in [4.69, 9.17) is 16.3 Å². The maximum absolute atomic E-state index is 13.4. The molecule has 2 saturated carbocycles. The van der Waals surface area contributed by atoms with Crippen molar-refractivity contribution >= 4 is 40.9 Å². The van der Waals surface area contributed by atoms with Crippen molar-refractivity contribution in [2.24, 2.45) is 35.5 Å². The summed E-state index contributed by atoms with van der Waals surface area (Å²) in [5.41, 5.74) is 0.683. The number of hydrogen-bond donors (Lipinski definition) is 0. The van der Waals surface area contributed by atoms with E-state index in [0.29, 0.717) is 22.4 Å². The van der Waals surface area contributed by atoms with Gasteiger partial charge in [-0.05, 0) is 66.5 Å². The van der Waals surface area contributed by atoms with Gasteiger partial charge in [0.1, 0.15) is 0 Å². The molecule has 7 heteroatoms. The summed E-state index contributed by atoms with van der Waals surface area (Å²) in [6.45, 7) is -0.459. The highest BCUT2D eigenvalue weighted by Crippen LogP contribution is 2.65. The number of Topliss-reactive ketones (excluding diaryl/α,β-unsaturated/α-hetero) is 1. The summed E-state index contributed by atoms with van der Waals surface area (Å²) in [4.78, 5) is 53.3. The summed E-state index contributed by atoms with van der Waals surface area (Å²) in [6.07, 6.45) is 5.30. The average molecular weight is 462 g/mol. The summed E-state index contributed by atoms with van der Waals surface area (Å²) >= 11 is 5.84. The van der Waals surface area contributed by atoms with Gasteiger partial charge < -0.3 is 4.74 Å². The zero-order valence-corrected chi connectivity index (χ0v) is 18.3. The van der Waals surface area contributed by atoms with Crippen molar-refractivity contribution in [2.45, 2.75) is 6.42 Å². The lowest BCUT2D eigenvalue weighted by Crippen LogP contribution is -2.40. The molecule has 0 N–H and O–H groups in total. The Hall–Kier alpha value is -3.25. The first kappa shape index (κ1) is 20.4. The van der Waals surface area contributed by atoms with Gasteiger partial charge in [0, 0.05) is 10.6 Å². The predicted molar refractivity (Wildman–Crippen MR) is 120 cm³/mol. The highest BCUT2D eigenvalue weighted by molar-refractivity contribution is 6.30. The third-order valence-electron chi connectivity index (χ3n) is 7.53. The fourth-order valence-corrected chi connectivity index (χ4v) is 6.09. The van der Waals surface area contributed by atoms with Gasteiger partial charge in [-0.3, -0.25) is 14.4 Å². The lowest BCUT2D eigenvalue weighted by Gasteiger charge is -2.37. The molecule has 6 atom stereocenters. The lowest BCUT2D eigenvalue weighted by molar-refractivity contribution is -0.124. The van der Waals surface area contributed by atoms with Gasteiger partial charge in [-0.25, -0.2) is 9.69 Å². The minimum atomic E-state index is -0.757. The first-order chi connectivity index (χ1) is 16.0. The van der Waals surface area contributed by atoms with Crippen LogP contribution in [0.25, 0.3) is 0 Å². The Morgan fingerprint density at radius 3 is 2.15 bits per heavy atom. The van der Waals surface area contributed by atoms with E-state index in [1.165, 1.54) is 11.0 Å². The van der Waals surface area contributed by atoms with Gasteiger partial charge in [-0.1, -0.05) is 35.9 Å². The monoisotopic (exact) mass is 461 g/mol. The van der Waals surface area contributed by atoms with Gasteiger partial charge in [0.15, 0.2) is 12.4 Å². The normalized spacial score (nSPS) is 30.8. The molecule has 2 aromatic rings. The van der Waals surface area contributed by atoms with E-state index in [2.05, 4.69) is 12.2 Å². The van der Waals surface area contributed by atoms with Crippen LogP contribution in [0.3, 0.4) is 0 Å². The van der Waals surface area contributed by atoms with Crippen LogP contribution >= 0.6 is 11.6 Å². The molecule has 1 saturated heterocycles. The lowest BCUT2D eigenvalue weighted by atomic mass is 9.63. The molecule has 0 radical (unpaired) electrons. The first-order valence-corrected chi connectivity index (χ1v) is 11.4. The number of rotatable bonds is 5. The van der Waals surface area contributed by atoms with Crippen molar-refractivity contribution in [3.8, 4) is 0 Å². The van der Waals surface area contributed by atoms with Gasteiger partial charge in [0.05, 0.1) is 23.1 Å². The van der Waals surface area contributed by atoms with Crippen LogP contribution in [0, 0.1) is 35.5 Å². The number of halogens is 1. The van der Waals surface area contributed by atoms with Crippen molar-refractivity contribution in [1.29, 1.82) is 0 Å². The molecule has 7 rings (SSSR count). The Balaban J connectivity index is 1.24. The zero-order chi connectivity index (χ0) is 22.9. The molecule has 0 unspecified atom stereocenters. The van der Waals surface area contributed by atoms with E-state index < -0.39 is 12.6 Å². The van der Waals surface area contributed by atoms with E-state index in [0.717, 1.165) is 6.42 Å². The second-order valence-corrected chi connectivity index (χ2v) is 9.63. The first-order valence-electron chi connectivity index (χ1n) is 11.1. The molecule has 2 aromatic carbocycles. The number of benzene rings is 2. The third-order valence-corrected chi connectivity index (χ3v) is 7.78. The van der Waals surface area contributed by atoms with Crippen LogP contribution in [-0.2, 0) is 14.3 Å². The molecule has 1 heterocycles. The van der Waals surface area contributed by atoms with Crippen LogP contribution in [0.1, 0.15) is 27.1 Å². The average Bonchev–Trinajstić information content (AvgIpc) is 3.61. The molecule has 4 aliphatic carbocycles. The molecule has 166 valence electrons. The van der Waals surface area contributed by atoms with Crippen LogP contribution in [0.2, 0.25) is 5.02 Å².